The number of methoxy groups -OCH3 is 2. The molecular weight excluding hydrogens is 440 g/mol. The second-order valence-corrected chi connectivity index (χ2v) is 9.03. The zero-order valence-corrected chi connectivity index (χ0v) is 20.0. The summed E-state index contributed by atoms with van der Waals surface area (Å²) in [6, 6.07) is 20.0. The summed E-state index contributed by atoms with van der Waals surface area (Å²) < 4.78 is 10.7. The Kier molecular flexibility index (Phi) is 6.77. The SMILES string of the molecule is COc1ccc([C@H]2N[C@@H](c3ccc(OC)cc3)C3CCCC2C3=NNC(=O)c2ccncc2)cc1. The average molecular weight is 471 g/mol. The first-order valence-electron chi connectivity index (χ1n) is 12.0. The maximum absolute atomic E-state index is 12.8. The number of benzene rings is 2. The number of pyridine rings is 1. The summed E-state index contributed by atoms with van der Waals surface area (Å²) in [7, 11) is 3.35. The Balaban J connectivity index is 1.51. The van der Waals surface area contributed by atoms with Gasteiger partial charge in [0, 0.05) is 47.6 Å². The van der Waals surface area contributed by atoms with E-state index < -0.39 is 0 Å². The molecule has 1 aliphatic carbocycles. The Morgan fingerprint density at radius 2 is 1.37 bits per heavy atom. The number of piperidine rings is 1. The number of ether oxygens (including phenoxy) is 2. The molecule has 0 spiro atoms. The summed E-state index contributed by atoms with van der Waals surface area (Å²) in [5.74, 6) is 1.81. The molecule has 1 saturated heterocycles. The highest BCUT2D eigenvalue weighted by atomic mass is 16.5. The molecule has 7 heteroatoms. The van der Waals surface area contributed by atoms with Gasteiger partial charge in [-0.05, 0) is 60.4 Å². The fourth-order valence-corrected chi connectivity index (χ4v) is 5.36. The molecule has 35 heavy (non-hydrogen) atoms. The molecule has 5 rings (SSSR count). The maximum atomic E-state index is 12.8. The standard InChI is InChI=1S/C28H30N4O3/c1-34-21-10-6-18(7-11-21)25-23-4-3-5-24(26(30-25)19-8-12-22(35-2)13-9-19)27(23)31-32-28(33)20-14-16-29-17-15-20/h6-17,23-26,30H,3-5H2,1-2H3,(H,32,33)/t23?,24?,25-,26+. The minimum Gasteiger partial charge on any atom is -0.497 e. The molecule has 1 saturated carbocycles. The van der Waals surface area contributed by atoms with Crippen molar-refractivity contribution in [2.75, 3.05) is 14.2 Å². The summed E-state index contributed by atoms with van der Waals surface area (Å²) >= 11 is 0. The fourth-order valence-electron chi connectivity index (χ4n) is 5.36. The van der Waals surface area contributed by atoms with Crippen molar-refractivity contribution in [1.82, 2.24) is 15.7 Å². The van der Waals surface area contributed by atoms with E-state index in [-0.39, 0.29) is 29.8 Å². The largest absolute Gasteiger partial charge is 0.497 e. The summed E-state index contributed by atoms with van der Waals surface area (Å²) in [6.45, 7) is 0. The van der Waals surface area contributed by atoms with E-state index in [4.69, 9.17) is 14.6 Å². The molecule has 2 aliphatic rings. The van der Waals surface area contributed by atoms with Gasteiger partial charge in [-0.15, -0.1) is 0 Å². The van der Waals surface area contributed by atoms with E-state index in [9.17, 15) is 4.79 Å². The van der Waals surface area contributed by atoms with E-state index in [2.05, 4.69) is 40.0 Å². The molecule has 1 amide bonds. The number of fused-ring (bicyclic) bond motifs is 2. The van der Waals surface area contributed by atoms with E-state index in [1.54, 1.807) is 38.7 Å². The van der Waals surface area contributed by atoms with Crippen LogP contribution in [-0.4, -0.2) is 30.8 Å². The molecule has 2 bridgehead atoms. The van der Waals surface area contributed by atoms with Crippen LogP contribution in [0.2, 0.25) is 0 Å². The topological polar surface area (TPSA) is 84.8 Å². The Morgan fingerprint density at radius 1 is 0.857 bits per heavy atom. The van der Waals surface area contributed by atoms with Crippen LogP contribution in [0.5, 0.6) is 11.5 Å². The minimum atomic E-state index is -0.224. The Hall–Kier alpha value is -3.71. The smallest absolute Gasteiger partial charge is 0.271 e. The van der Waals surface area contributed by atoms with Crippen LogP contribution < -0.4 is 20.2 Å². The van der Waals surface area contributed by atoms with Crippen LogP contribution in [0.25, 0.3) is 0 Å². The molecule has 2 N–H and O–H groups in total. The third-order valence-electron chi connectivity index (χ3n) is 7.13. The first kappa shape index (κ1) is 23.1. The van der Waals surface area contributed by atoms with Crippen LogP contribution in [0.3, 0.4) is 0 Å². The third-order valence-corrected chi connectivity index (χ3v) is 7.13. The zero-order chi connectivity index (χ0) is 24.2. The zero-order valence-electron chi connectivity index (χ0n) is 20.0. The van der Waals surface area contributed by atoms with E-state index in [1.165, 1.54) is 11.1 Å². The van der Waals surface area contributed by atoms with Crippen molar-refractivity contribution < 1.29 is 14.3 Å². The Labute approximate surface area is 205 Å². The number of carbonyl (C=O) groups is 1. The van der Waals surface area contributed by atoms with E-state index in [0.717, 1.165) is 36.5 Å². The van der Waals surface area contributed by atoms with Crippen molar-refractivity contribution in [1.29, 1.82) is 0 Å². The van der Waals surface area contributed by atoms with Crippen LogP contribution in [-0.2, 0) is 0 Å². The molecule has 2 heterocycles. The lowest BCUT2D eigenvalue weighted by Gasteiger charge is -2.47. The first-order valence-corrected chi connectivity index (χ1v) is 12.0. The van der Waals surface area contributed by atoms with Crippen LogP contribution in [0.4, 0.5) is 0 Å². The van der Waals surface area contributed by atoms with E-state index in [1.807, 2.05) is 24.3 Å². The van der Waals surface area contributed by atoms with Crippen molar-refractivity contribution in [3.63, 3.8) is 0 Å². The van der Waals surface area contributed by atoms with Gasteiger partial charge < -0.3 is 14.8 Å². The number of amides is 1. The quantitative estimate of drug-likeness (QED) is 0.511. The fraction of sp³-hybridized carbons (Fsp3) is 0.321. The lowest BCUT2D eigenvalue weighted by Crippen LogP contribution is -2.51. The molecule has 2 fully saturated rings. The van der Waals surface area contributed by atoms with Gasteiger partial charge in [0.15, 0.2) is 0 Å². The lowest BCUT2D eigenvalue weighted by atomic mass is 9.67. The Morgan fingerprint density at radius 3 is 1.86 bits per heavy atom. The lowest BCUT2D eigenvalue weighted by molar-refractivity contribution is 0.0953. The average Bonchev–Trinajstić information content (AvgIpc) is 2.92. The van der Waals surface area contributed by atoms with Gasteiger partial charge in [0.05, 0.1) is 14.2 Å². The van der Waals surface area contributed by atoms with Gasteiger partial charge in [-0.25, -0.2) is 5.43 Å². The van der Waals surface area contributed by atoms with Crippen LogP contribution >= 0.6 is 0 Å². The normalized spacial score (nSPS) is 24.6. The number of rotatable bonds is 6. The number of aromatic nitrogens is 1. The second kappa shape index (κ2) is 10.3. The highest BCUT2D eigenvalue weighted by molar-refractivity contribution is 5.97. The highest BCUT2D eigenvalue weighted by Crippen LogP contribution is 2.46. The molecule has 0 radical (unpaired) electrons. The van der Waals surface area contributed by atoms with Crippen molar-refractivity contribution in [3.8, 4) is 11.5 Å². The van der Waals surface area contributed by atoms with E-state index >= 15 is 0 Å². The molecule has 3 aromatic rings. The second-order valence-electron chi connectivity index (χ2n) is 9.03. The molecular formula is C28H30N4O3. The molecule has 7 nitrogen and oxygen atoms in total. The van der Waals surface area contributed by atoms with Crippen LogP contribution in [0.15, 0.2) is 78.2 Å². The van der Waals surface area contributed by atoms with Gasteiger partial charge in [0.25, 0.3) is 5.91 Å². The van der Waals surface area contributed by atoms with Gasteiger partial charge in [-0.2, -0.15) is 5.10 Å². The van der Waals surface area contributed by atoms with Gasteiger partial charge in [0.1, 0.15) is 11.5 Å². The molecule has 2 aromatic carbocycles. The van der Waals surface area contributed by atoms with Gasteiger partial charge >= 0.3 is 0 Å². The number of hydrogen-bond acceptors (Lipinski definition) is 6. The molecule has 1 aliphatic heterocycles. The first-order chi connectivity index (χ1) is 17.2. The predicted octanol–water partition coefficient (Wildman–Crippen LogP) is 4.69. The van der Waals surface area contributed by atoms with Crippen LogP contribution in [0, 0.1) is 11.8 Å². The van der Waals surface area contributed by atoms with Crippen molar-refractivity contribution in [2.45, 2.75) is 31.3 Å². The van der Waals surface area contributed by atoms with Crippen molar-refractivity contribution in [2.24, 2.45) is 16.9 Å². The number of hydrogen-bond donors (Lipinski definition) is 2. The van der Waals surface area contributed by atoms with E-state index in [0.29, 0.717) is 5.56 Å². The van der Waals surface area contributed by atoms with Gasteiger partial charge in [0.2, 0.25) is 0 Å². The van der Waals surface area contributed by atoms with Crippen molar-refractivity contribution in [3.05, 3.63) is 89.7 Å². The van der Waals surface area contributed by atoms with Gasteiger partial charge in [-0.1, -0.05) is 30.7 Å². The predicted molar refractivity (Wildman–Crippen MR) is 135 cm³/mol. The number of carbonyl (C=O) groups excluding carboxylic acids is 1. The highest BCUT2D eigenvalue weighted by Gasteiger charge is 2.45. The minimum absolute atomic E-state index is 0.0705. The van der Waals surface area contributed by atoms with Crippen LogP contribution in [0.1, 0.15) is 52.8 Å². The molecule has 2 unspecified atom stereocenters. The summed E-state index contributed by atoms with van der Waals surface area (Å²) in [4.78, 5) is 16.8. The monoisotopic (exact) mass is 470 g/mol. The van der Waals surface area contributed by atoms with Crippen molar-refractivity contribution >= 4 is 11.6 Å². The number of nitrogens with one attached hydrogen (secondary N) is 2. The summed E-state index contributed by atoms with van der Waals surface area (Å²) in [5, 5.41) is 8.70. The molecule has 1 aromatic heterocycles. The summed E-state index contributed by atoms with van der Waals surface area (Å²) in [6.07, 6.45) is 6.37. The molecule has 180 valence electrons. The number of nitrogens with zero attached hydrogens (tertiary/aromatic N) is 2. The molecule has 4 atom stereocenters. The Bertz CT molecular complexity index is 1120. The number of hydrazone groups is 1. The maximum Gasteiger partial charge on any atom is 0.271 e. The van der Waals surface area contributed by atoms with Gasteiger partial charge in [-0.3, -0.25) is 9.78 Å². The summed E-state index contributed by atoms with van der Waals surface area (Å²) in [5.41, 5.74) is 6.80. The third kappa shape index (κ3) is 4.77.